The second-order valence-corrected chi connectivity index (χ2v) is 4.55. The molecule has 0 saturated carbocycles. The average Bonchev–Trinajstić information content (AvgIpc) is 2.42. The number of nitro benzene ring substituents is 1. The predicted molar refractivity (Wildman–Crippen MR) is 74.8 cm³/mol. The lowest BCUT2D eigenvalue weighted by Gasteiger charge is -2.08. The Bertz CT molecular complexity index is 612. The van der Waals surface area contributed by atoms with Gasteiger partial charge in [0.25, 0.3) is 5.69 Å². The summed E-state index contributed by atoms with van der Waals surface area (Å²) >= 11 is 0. The number of hydrogen-bond donors (Lipinski definition) is 1. The minimum atomic E-state index is -0.376. The fraction of sp³-hybridized carbons (Fsp3) is 0.200. The maximum atomic E-state index is 12.8. The standard InChI is InChI=1S/C15H15FN2O2/c1-11-13(3-2-4-15(11)18(19)20)10-17-9-12-5-7-14(16)8-6-12/h2-8,17H,9-10H2,1H3. The molecular weight excluding hydrogens is 259 g/mol. The molecule has 0 aliphatic heterocycles. The van der Waals surface area contributed by atoms with E-state index in [1.54, 1.807) is 25.1 Å². The molecule has 104 valence electrons. The van der Waals surface area contributed by atoms with Crippen LogP contribution in [0.15, 0.2) is 42.5 Å². The van der Waals surface area contributed by atoms with Crippen molar-refractivity contribution in [2.45, 2.75) is 20.0 Å². The van der Waals surface area contributed by atoms with Crippen molar-refractivity contribution in [3.8, 4) is 0 Å². The number of nitrogens with zero attached hydrogens (tertiary/aromatic N) is 1. The lowest BCUT2D eigenvalue weighted by Crippen LogP contribution is -2.13. The summed E-state index contributed by atoms with van der Waals surface area (Å²) in [5.74, 6) is -0.261. The molecule has 0 spiro atoms. The van der Waals surface area contributed by atoms with Gasteiger partial charge in [-0.2, -0.15) is 0 Å². The first kappa shape index (κ1) is 14.1. The Labute approximate surface area is 116 Å². The molecule has 20 heavy (non-hydrogen) atoms. The van der Waals surface area contributed by atoms with Gasteiger partial charge in [-0.25, -0.2) is 4.39 Å². The topological polar surface area (TPSA) is 55.2 Å². The van der Waals surface area contributed by atoms with Gasteiger partial charge in [-0.15, -0.1) is 0 Å². The summed E-state index contributed by atoms with van der Waals surface area (Å²) in [6.07, 6.45) is 0. The molecule has 1 N–H and O–H groups in total. The third kappa shape index (κ3) is 3.39. The molecule has 0 heterocycles. The zero-order valence-electron chi connectivity index (χ0n) is 11.1. The Balaban J connectivity index is 1.99. The van der Waals surface area contributed by atoms with Crippen LogP contribution in [0, 0.1) is 22.9 Å². The smallest absolute Gasteiger partial charge is 0.272 e. The molecular formula is C15H15FN2O2. The van der Waals surface area contributed by atoms with Gasteiger partial charge >= 0.3 is 0 Å². The Hall–Kier alpha value is -2.27. The molecule has 0 radical (unpaired) electrons. The zero-order valence-corrected chi connectivity index (χ0v) is 11.1. The summed E-state index contributed by atoms with van der Waals surface area (Å²) in [7, 11) is 0. The van der Waals surface area contributed by atoms with E-state index in [0.29, 0.717) is 18.7 Å². The van der Waals surface area contributed by atoms with Crippen LogP contribution in [-0.4, -0.2) is 4.92 Å². The number of nitro groups is 1. The Morgan fingerprint density at radius 2 is 1.85 bits per heavy atom. The van der Waals surface area contributed by atoms with E-state index in [1.165, 1.54) is 18.2 Å². The minimum absolute atomic E-state index is 0.131. The summed E-state index contributed by atoms with van der Waals surface area (Å²) in [5, 5.41) is 14.1. The van der Waals surface area contributed by atoms with Crippen molar-refractivity contribution >= 4 is 5.69 Å². The first-order valence-electron chi connectivity index (χ1n) is 6.26. The first-order valence-corrected chi connectivity index (χ1v) is 6.26. The fourth-order valence-electron chi connectivity index (χ4n) is 2.00. The van der Waals surface area contributed by atoms with E-state index < -0.39 is 0 Å². The van der Waals surface area contributed by atoms with Gasteiger partial charge in [0.05, 0.1) is 4.92 Å². The normalized spacial score (nSPS) is 10.5. The zero-order chi connectivity index (χ0) is 14.5. The lowest BCUT2D eigenvalue weighted by molar-refractivity contribution is -0.385. The summed E-state index contributed by atoms with van der Waals surface area (Å²) in [6.45, 7) is 2.86. The maximum absolute atomic E-state index is 12.8. The van der Waals surface area contributed by atoms with Crippen LogP contribution in [0.1, 0.15) is 16.7 Å². The highest BCUT2D eigenvalue weighted by Crippen LogP contribution is 2.20. The molecule has 0 aliphatic carbocycles. The highest BCUT2D eigenvalue weighted by molar-refractivity contribution is 5.44. The molecule has 0 atom stereocenters. The van der Waals surface area contributed by atoms with Crippen LogP contribution in [0.2, 0.25) is 0 Å². The van der Waals surface area contributed by atoms with E-state index in [2.05, 4.69) is 5.32 Å². The third-order valence-corrected chi connectivity index (χ3v) is 3.17. The second-order valence-electron chi connectivity index (χ2n) is 4.55. The van der Waals surface area contributed by atoms with E-state index >= 15 is 0 Å². The molecule has 0 aliphatic rings. The number of nitrogens with one attached hydrogen (secondary N) is 1. The highest BCUT2D eigenvalue weighted by Gasteiger charge is 2.12. The number of rotatable bonds is 5. The van der Waals surface area contributed by atoms with Gasteiger partial charge in [-0.05, 0) is 30.2 Å². The van der Waals surface area contributed by atoms with Gasteiger partial charge in [0.1, 0.15) is 5.82 Å². The fourth-order valence-corrected chi connectivity index (χ4v) is 2.00. The Kier molecular flexibility index (Phi) is 4.42. The van der Waals surface area contributed by atoms with Crippen molar-refractivity contribution in [3.63, 3.8) is 0 Å². The van der Waals surface area contributed by atoms with Gasteiger partial charge in [0, 0.05) is 24.7 Å². The van der Waals surface area contributed by atoms with Gasteiger partial charge in [-0.3, -0.25) is 10.1 Å². The van der Waals surface area contributed by atoms with Crippen LogP contribution in [0.4, 0.5) is 10.1 Å². The van der Waals surface area contributed by atoms with Crippen LogP contribution in [-0.2, 0) is 13.1 Å². The molecule has 0 bridgehead atoms. The van der Waals surface area contributed by atoms with Crippen molar-refractivity contribution in [1.82, 2.24) is 5.32 Å². The molecule has 0 fully saturated rings. The summed E-state index contributed by atoms with van der Waals surface area (Å²) in [4.78, 5) is 10.5. The molecule has 2 aromatic carbocycles. The predicted octanol–water partition coefficient (Wildman–Crippen LogP) is 3.33. The van der Waals surface area contributed by atoms with E-state index in [1.807, 2.05) is 6.07 Å². The quantitative estimate of drug-likeness (QED) is 0.672. The molecule has 5 heteroatoms. The van der Waals surface area contributed by atoms with Gasteiger partial charge in [-0.1, -0.05) is 24.3 Å². The summed E-state index contributed by atoms with van der Waals surface area (Å²) in [5.41, 5.74) is 2.66. The monoisotopic (exact) mass is 274 g/mol. The van der Waals surface area contributed by atoms with E-state index in [0.717, 1.165) is 11.1 Å². The minimum Gasteiger partial charge on any atom is -0.309 e. The van der Waals surface area contributed by atoms with Crippen LogP contribution in [0.5, 0.6) is 0 Å². The average molecular weight is 274 g/mol. The molecule has 0 amide bonds. The molecule has 0 unspecified atom stereocenters. The van der Waals surface area contributed by atoms with Gasteiger partial charge in [0.2, 0.25) is 0 Å². The molecule has 0 saturated heterocycles. The molecule has 2 aromatic rings. The van der Waals surface area contributed by atoms with Crippen LogP contribution in [0.25, 0.3) is 0 Å². The SMILES string of the molecule is Cc1c(CNCc2ccc(F)cc2)cccc1[N+](=O)[O-]. The van der Waals surface area contributed by atoms with Crippen LogP contribution in [0.3, 0.4) is 0 Å². The number of hydrogen-bond acceptors (Lipinski definition) is 3. The van der Waals surface area contributed by atoms with Gasteiger partial charge < -0.3 is 5.32 Å². The third-order valence-electron chi connectivity index (χ3n) is 3.17. The molecule has 4 nitrogen and oxygen atoms in total. The largest absolute Gasteiger partial charge is 0.309 e. The van der Waals surface area contributed by atoms with Crippen molar-refractivity contribution in [2.24, 2.45) is 0 Å². The van der Waals surface area contributed by atoms with E-state index in [9.17, 15) is 14.5 Å². The Morgan fingerprint density at radius 3 is 2.50 bits per heavy atom. The van der Waals surface area contributed by atoms with Crippen molar-refractivity contribution in [3.05, 3.63) is 75.1 Å². The van der Waals surface area contributed by atoms with Crippen molar-refractivity contribution in [2.75, 3.05) is 0 Å². The van der Waals surface area contributed by atoms with Gasteiger partial charge in [0.15, 0.2) is 0 Å². The summed E-state index contributed by atoms with van der Waals surface area (Å²) in [6, 6.07) is 11.3. The molecule has 0 aromatic heterocycles. The molecule has 2 rings (SSSR count). The summed E-state index contributed by atoms with van der Waals surface area (Å²) < 4.78 is 12.8. The van der Waals surface area contributed by atoms with Crippen molar-refractivity contribution < 1.29 is 9.31 Å². The van der Waals surface area contributed by atoms with Crippen LogP contribution >= 0.6 is 0 Å². The van der Waals surface area contributed by atoms with Crippen molar-refractivity contribution in [1.29, 1.82) is 0 Å². The highest BCUT2D eigenvalue weighted by atomic mass is 19.1. The Morgan fingerprint density at radius 1 is 1.15 bits per heavy atom. The number of halogens is 1. The lowest BCUT2D eigenvalue weighted by atomic mass is 10.1. The second kappa shape index (κ2) is 6.25. The van der Waals surface area contributed by atoms with Crippen LogP contribution < -0.4 is 5.32 Å². The van der Waals surface area contributed by atoms with E-state index in [4.69, 9.17) is 0 Å². The number of benzene rings is 2. The van der Waals surface area contributed by atoms with E-state index in [-0.39, 0.29) is 16.4 Å². The first-order chi connectivity index (χ1) is 9.58. The maximum Gasteiger partial charge on any atom is 0.272 e.